The van der Waals surface area contributed by atoms with Crippen LogP contribution < -0.4 is 0 Å². The Labute approximate surface area is 81.7 Å². The second-order valence-electron chi connectivity index (χ2n) is 3.33. The van der Waals surface area contributed by atoms with Gasteiger partial charge in [0.25, 0.3) is 0 Å². The van der Waals surface area contributed by atoms with Crippen molar-refractivity contribution < 1.29 is 4.74 Å². The second-order valence-corrected chi connectivity index (χ2v) is 3.33. The maximum Gasteiger partial charge on any atom is 0.0882 e. The van der Waals surface area contributed by atoms with E-state index >= 15 is 0 Å². The maximum atomic E-state index is 5.10. The van der Waals surface area contributed by atoms with Gasteiger partial charge in [-0.2, -0.15) is 0 Å². The Hall–Kier alpha value is -0.630. The number of rotatable bonds is 5. The first-order chi connectivity index (χ1) is 6.17. The molecule has 0 aromatic heterocycles. The fraction of sp³-hybridized carbons (Fsp3) is 0.727. The lowest BCUT2D eigenvalue weighted by atomic mass is 9.97. The van der Waals surface area contributed by atoms with E-state index in [1.807, 2.05) is 7.05 Å². The molecule has 0 spiro atoms. The van der Waals surface area contributed by atoms with E-state index in [1.54, 1.807) is 7.11 Å². The van der Waals surface area contributed by atoms with Gasteiger partial charge >= 0.3 is 0 Å². The molecular weight excluding hydrogens is 162 g/mol. The monoisotopic (exact) mass is 183 g/mol. The Balaban J connectivity index is 4.61. The lowest BCUT2D eigenvalue weighted by molar-refractivity contribution is 0.245. The first kappa shape index (κ1) is 12.4. The zero-order valence-electron chi connectivity index (χ0n) is 9.42. The smallest absolute Gasteiger partial charge is 0.0882 e. The lowest BCUT2D eigenvalue weighted by Gasteiger charge is -2.13. The van der Waals surface area contributed by atoms with Gasteiger partial charge < -0.3 is 4.74 Å². The van der Waals surface area contributed by atoms with Gasteiger partial charge in [0.1, 0.15) is 0 Å². The number of ether oxygens (including phenoxy) is 1. The van der Waals surface area contributed by atoms with Crippen molar-refractivity contribution >= 4 is 5.71 Å². The number of aliphatic imine (C=N–C) groups is 1. The Morgan fingerprint density at radius 1 is 1.46 bits per heavy atom. The summed E-state index contributed by atoms with van der Waals surface area (Å²) in [5, 5.41) is 0. The van der Waals surface area contributed by atoms with Crippen molar-refractivity contribution in [3.05, 3.63) is 11.6 Å². The van der Waals surface area contributed by atoms with E-state index in [-0.39, 0.29) is 0 Å². The molecule has 2 nitrogen and oxygen atoms in total. The van der Waals surface area contributed by atoms with Gasteiger partial charge in [-0.25, -0.2) is 0 Å². The van der Waals surface area contributed by atoms with Crippen molar-refractivity contribution in [2.75, 3.05) is 20.8 Å². The van der Waals surface area contributed by atoms with E-state index in [4.69, 9.17) is 4.74 Å². The minimum absolute atomic E-state index is 0.522. The highest BCUT2D eigenvalue weighted by Crippen LogP contribution is 2.12. The van der Waals surface area contributed by atoms with Crippen molar-refractivity contribution in [1.29, 1.82) is 0 Å². The van der Waals surface area contributed by atoms with Crippen LogP contribution in [-0.2, 0) is 4.74 Å². The van der Waals surface area contributed by atoms with Crippen LogP contribution >= 0.6 is 0 Å². The SMILES string of the molecule is CC/C=C(\C(COC)=NC)C(C)C. The summed E-state index contributed by atoms with van der Waals surface area (Å²) in [4.78, 5) is 4.24. The largest absolute Gasteiger partial charge is 0.378 e. The summed E-state index contributed by atoms with van der Waals surface area (Å²) in [5.41, 5.74) is 2.38. The van der Waals surface area contributed by atoms with Crippen LogP contribution in [-0.4, -0.2) is 26.5 Å². The topological polar surface area (TPSA) is 21.6 Å². The van der Waals surface area contributed by atoms with E-state index < -0.39 is 0 Å². The third kappa shape index (κ3) is 4.23. The summed E-state index contributed by atoms with van der Waals surface area (Å²) >= 11 is 0. The summed E-state index contributed by atoms with van der Waals surface area (Å²) in [6.07, 6.45) is 3.28. The Bertz CT molecular complexity index is 192. The third-order valence-corrected chi connectivity index (χ3v) is 1.93. The standard InChI is InChI=1S/C11H21NO/c1-6-7-10(9(2)3)11(12-4)8-13-5/h7,9H,6,8H2,1-5H3/b10-7-,12-11?. The van der Waals surface area contributed by atoms with Gasteiger partial charge in [-0.05, 0) is 17.9 Å². The summed E-state index contributed by atoms with van der Waals surface area (Å²) in [7, 11) is 3.52. The molecule has 0 saturated heterocycles. The van der Waals surface area contributed by atoms with Crippen molar-refractivity contribution in [3.63, 3.8) is 0 Å². The normalized spacial score (nSPS) is 14.0. The molecule has 0 heterocycles. The van der Waals surface area contributed by atoms with Gasteiger partial charge in [0.2, 0.25) is 0 Å². The molecule has 0 amide bonds. The minimum Gasteiger partial charge on any atom is -0.378 e. The molecule has 0 bridgehead atoms. The first-order valence-electron chi connectivity index (χ1n) is 4.82. The van der Waals surface area contributed by atoms with Crippen molar-refractivity contribution in [3.8, 4) is 0 Å². The van der Waals surface area contributed by atoms with Crippen LogP contribution in [0.4, 0.5) is 0 Å². The molecule has 0 unspecified atom stereocenters. The molecule has 0 atom stereocenters. The van der Waals surface area contributed by atoms with Gasteiger partial charge in [0, 0.05) is 14.2 Å². The highest BCUT2D eigenvalue weighted by atomic mass is 16.5. The fourth-order valence-corrected chi connectivity index (χ4v) is 1.32. The molecular formula is C11H21NO. The molecule has 0 rings (SSSR count). The molecule has 0 saturated carbocycles. The van der Waals surface area contributed by atoms with E-state index in [2.05, 4.69) is 31.8 Å². The third-order valence-electron chi connectivity index (χ3n) is 1.93. The van der Waals surface area contributed by atoms with E-state index in [1.165, 1.54) is 5.57 Å². The van der Waals surface area contributed by atoms with Crippen LogP contribution in [0.15, 0.2) is 16.6 Å². The predicted octanol–water partition coefficient (Wildman–Crippen LogP) is 2.70. The molecule has 0 aromatic carbocycles. The molecule has 2 heteroatoms. The van der Waals surface area contributed by atoms with E-state index in [0.717, 1.165) is 12.1 Å². The van der Waals surface area contributed by atoms with Gasteiger partial charge in [-0.1, -0.05) is 26.8 Å². The van der Waals surface area contributed by atoms with Gasteiger partial charge in [0.05, 0.1) is 12.3 Å². The minimum atomic E-state index is 0.522. The summed E-state index contributed by atoms with van der Waals surface area (Å²) < 4.78 is 5.10. The quantitative estimate of drug-likeness (QED) is 0.600. The summed E-state index contributed by atoms with van der Waals surface area (Å²) in [6.45, 7) is 7.12. The molecule has 0 N–H and O–H groups in total. The van der Waals surface area contributed by atoms with Crippen LogP contribution in [0.1, 0.15) is 27.2 Å². The Morgan fingerprint density at radius 3 is 2.38 bits per heavy atom. The predicted molar refractivity (Wildman–Crippen MR) is 58.4 cm³/mol. The molecule has 0 aliphatic carbocycles. The molecule has 0 fully saturated rings. The second kappa shape index (κ2) is 6.84. The average Bonchev–Trinajstić information content (AvgIpc) is 2.10. The number of methoxy groups -OCH3 is 1. The summed E-state index contributed by atoms with van der Waals surface area (Å²) in [6, 6.07) is 0. The van der Waals surface area contributed by atoms with Crippen molar-refractivity contribution in [2.45, 2.75) is 27.2 Å². The Morgan fingerprint density at radius 2 is 2.08 bits per heavy atom. The van der Waals surface area contributed by atoms with Gasteiger partial charge in [-0.15, -0.1) is 0 Å². The van der Waals surface area contributed by atoms with Crippen molar-refractivity contribution in [2.24, 2.45) is 10.9 Å². The maximum absolute atomic E-state index is 5.10. The van der Waals surface area contributed by atoms with E-state index in [0.29, 0.717) is 12.5 Å². The highest BCUT2D eigenvalue weighted by Gasteiger charge is 2.09. The number of allylic oxidation sites excluding steroid dienone is 1. The number of hydrogen-bond acceptors (Lipinski definition) is 2. The number of nitrogens with zero attached hydrogens (tertiary/aromatic N) is 1. The highest BCUT2D eigenvalue weighted by molar-refractivity contribution is 6.01. The zero-order valence-corrected chi connectivity index (χ0v) is 9.42. The molecule has 0 radical (unpaired) electrons. The van der Waals surface area contributed by atoms with E-state index in [9.17, 15) is 0 Å². The molecule has 0 aromatic rings. The van der Waals surface area contributed by atoms with Crippen LogP contribution in [0.25, 0.3) is 0 Å². The van der Waals surface area contributed by atoms with Crippen LogP contribution in [0.2, 0.25) is 0 Å². The van der Waals surface area contributed by atoms with Crippen molar-refractivity contribution in [1.82, 2.24) is 0 Å². The van der Waals surface area contributed by atoms with Gasteiger partial charge in [-0.3, -0.25) is 4.99 Å². The molecule has 13 heavy (non-hydrogen) atoms. The fourth-order valence-electron chi connectivity index (χ4n) is 1.32. The summed E-state index contributed by atoms with van der Waals surface area (Å²) in [5.74, 6) is 0.522. The zero-order chi connectivity index (χ0) is 10.3. The number of hydrogen-bond donors (Lipinski definition) is 0. The Kier molecular flexibility index (Phi) is 6.51. The first-order valence-corrected chi connectivity index (χ1v) is 4.82. The molecule has 0 aliphatic rings. The van der Waals surface area contributed by atoms with Crippen LogP contribution in [0, 0.1) is 5.92 Å². The molecule has 0 aliphatic heterocycles. The lowest BCUT2D eigenvalue weighted by Crippen LogP contribution is -2.14. The van der Waals surface area contributed by atoms with Crippen LogP contribution in [0.3, 0.4) is 0 Å². The molecule has 76 valence electrons. The van der Waals surface area contributed by atoms with Crippen LogP contribution in [0.5, 0.6) is 0 Å². The average molecular weight is 183 g/mol. The van der Waals surface area contributed by atoms with Gasteiger partial charge in [0.15, 0.2) is 0 Å².